The minimum Gasteiger partial charge on any atom is -0.338 e. The van der Waals surface area contributed by atoms with Gasteiger partial charge in [0.25, 0.3) is 5.56 Å². The molecule has 5 heteroatoms. The molecule has 3 aromatic carbocycles. The first-order chi connectivity index (χ1) is 15.4. The number of hydrogen-bond donors (Lipinski definition) is 0. The smallest absolute Gasteiger partial charge is 0.332 e. The molecule has 5 rings (SSSR count). The molecular formula is C27H25N3O2. The summed E-state index contributed by atoms with van der Waals surface area (Å²) >= 11 is 0. The lowest BCUT2D eigenvalue weighted by atomic mass is 10.1. The van der Waals surface area contributed by atoms with Crippen molar-refractivity contribution in [3.63, 3.8) is 0 Å². The maximum absolute atomic E-state index is 13.7. The van der Waals surface area contributed by atoms with Crippen LogP contribution in [0.4, 0.5) is 0 Å². The number of aryl methyl sites for hydroxylation is 3. The third kappa shape index (κ3) is 3.26. The van der Waals surface area contributed by atoms with Crippen molar-refractivity contribution in [3.8, 4) is 0 Å². The quantitative estimate of drug-likeness (QED) is 0.431. The van der Waals surface area contributed by atoms with Gasteiger partial charge in [-0.3, -0.25) is 13.9 Å². The molecule has 0 fully saturated rings. The summed E-state index contributed by atoms with van der Waals surface area (Å²) in [6.45, 7) is 4.71. The zero-order chi connectivity index (χ0) is 22.4. The minimum atomic E-state index is -0.291. The molecule has 5 nitrogen and oxygen atoms in total. The van der Waals surface area contributed by atoms with Crippen LogP contribution in [0.5, 0.6) is 0 Å². The molecule has 0 aliphatic carbocycles. The lowest BCUT2D eigenvalue weighted by Gasteiger charge is -2.14. The molecule has 0 radical (unpaired) electrons. The highest BCUT2D eigenvalue weighted by Gasteiger charge is 2.20. The second-order valence-corrected chi connectivity index (χ2v) is 8.51. The summed E-state index contributed by atoms with van der Waals surface area (Å²) in [7, 11) is 1.90. The monoisotopic (exact) mass is 423 g/mol. The molecule has 0 bridgehead atoms. The maximum Gasteiger partial charge on any atom is 0.332 e. The van der Waals surface area contributed by atoms with Crippen LogP contribution in [0.15, 0.2) is 82.4 Å². The summed E-state index contributed by atoms with van der Waals surface area (Å²) in [5, 5.41) is 0.927. The van der Waals surface area contributed by atoms with Crippen molar-refractivity contribution in [1.29, 1.82) is 0 Å². The standard InChI is InChI=1S/C27H25N3O2/c1-18-9-12-21(13-10-18)16-29-24-22-15-19(2)11-14-23(22)28(3)25(24)26(31)30(27(29)32)17-20-7-5-4-6-8-20/h4-15H,16-17H2,1-3H3. The van der Waals surface area contributed by atoms with Gasteiger partial charge in [0.15, 0.2) is 0 Å². The molecule has 0 saturated heterocycles. The summed E-state index contributed by atoms with van der Waals surface area (Å²) < 4.78 is 5.03. The fraction of sp³-hybridized carbons (Fsp3) is 0.185. The lowest BCUT2D eigenvalue weighted by Crippen LogP contribution is -2.40. The van der Waals surface area contributed by atoms with Crippen molar-refractivity contribution >= 4 is 21.9 Å². The van der Waals surface area contributed by atoms with E-state index in [0.717, 1.165) is 27.6 Å². The van der Waals surface area contributed by atoms with E-state index >= 15 is 0 Å². The van der Waals surface area contributed by atoms with Crippen LogP contribution in [0.1, 0.15) is 22.3 Å². The van der Waals surface area contributed by atoms with Gasteiger partial charge in [-0.05, 0) is 37.1 Å². The van der Waals surface area contributed by atoms with Crippen molar-refractivity contribution in [2.75, 3.05) is 0 Å². The Labute approximate surface area is 185 Å². The highest BCUT2D eigenvalue weighted by molar-refractivity contribution is 6.06. The van der Waals surface area contributed by atoms with Crippen LogP contribution in [-0.2, 0) is 20.1 Å². The van der Waals surface area contributed by atoms with Crippen LogP contribution in [0.2, 0.25) is 0 Å². The Balaban J connectivity index is 1.85. The van der Waals surface area contributed by atoms with E-state index in [1.807, 2.05) is 92.2 Å². The van der Waals surface area contributed by atoms with E-state index in [1.165, 1.54) is 10.1 Å². The largest absolute Gasteiger partial charge is 0.338 e. The summed E-state index contributed by atoms with van der Waals surface area (Å²) in [4.78, 5) is 27.3. The first-order valence-corrected chi connectivity index (χ1v) is 10.8. The van der Waals surface area contributed by atoms with Crippen molar-refractivity contribution in [3.05, 3.63) is 116 Å². The highest BCUT2D eigenvalue weighted by Crippen LogP contribution is 2.27. The third-order valence-corrected chi connectivity index (χ3v) is 6.15. The van der Waals surface area contributed by atoms with E-state index in [2.05, 4.69) is 6.07 Å². The second-order valence-electron chi connectivity index (χ2n) is 8.51. The van der Waals surface area contributed by atoms with Gasteiger partial charge in [-0.2, -0.15) is 0 Å². The second kappa shape index (κ2) is 7.68. The van der Waals surface area contributed by atoms with Crippen LogP contribution in [0.25, 0.3) is 21.9 Å². The van der Waals surface area contributed by atoms with Gasteiger partial charge in [0.1, 0.15) is 5.52 Å². The van der Waals surface area contributed by atoms with Gasteiger partial charge in [0.05, 0.1) is 24.1 Å². The van der Waals surface area contributed by atoms with Gasteiger partial charge in [-0.15, -0.1) is 0 Å². The number of rotatable bonds is 4. The summed E-state index contributed by atoms with van der Waals surface area (Å²) in [5.41, 5.74) is 5.84. The van der Waals surface area contributed by atoms with Crippen molar-refractivity contribution in [1.82, 2.24) is 13.7 Å². The normalized spacial score (nSPS) is 11.5. The van der Waals surface area contributed by atoms with Gasteiger partial charge in [-0.25, -0.2) is 4.79 Å². The van der Waals surface area contributed by atoms with Gasteiger partial charge in [0, 0.05) is 12.4 Å². The highest BCUT2D eigenvalue weighted by atomic mass is 16.2. The van der Waals surface area contributed by atoms with Gasteiger partial charge in [0.2, 0.25) is 0 Å². The molecule has 160 valence electrons. The lowest BCUT2D eigenvalue weighted by molar-refractivity contribution is 0.633. The zero-order valence-corrected chi connectivity index (χ0v) is 18.5. The Morgan fingerprint density at radius 3 is 2.03 bits per heavy atom. The maximum atomic E-state index is 13.7. The summed E-state index contributed by atoms with van der Waals surface area (Å²) in [6, 6.07) is 23.9. The van der Waals surface area contributed by atoms with E-state index in [0.29, 0.717) is 17.6 Å². The molecule has 0 unspecified atom stereocenters. The van der Waals surface area contributed by atoms with Gasteiger partial charge < -0.3 is 4.57 Å². The molecule has 0 spiro atoms. The SMILES string of the molecule is Cc1ccc(Cn2c(=O)n(Cc3ccccc3)c(=O)c3c2c2cc(C)ccc2n3C)cc1. The predicted molar refractivity (Wildman–Crippen MR) is 130 cm³/mol. The number of benzene rings is 3. The minimum absolute atomic E-state index is 0.239. The average Bonchev–Trinajstić information content (AvgIpc) is 3.08. The molecule has 0 amide bonds. The fourth-order valence-electron chi connectivity index (χ4n) is 4.44. The summed E-state index contributed by atoms with van der Waals surface area (Å²) in [5.74, 6) is 0. The van der Waals surface area contributed by atoms with Crippen LogP contribution in [-0.4, -0.2) is 13.7 Å². The Morgan fingerprint density at radius 2 is 1.31 bits per heavy atom. The van der Waals surface area contributed by atoms with E-state index in [1.54, 1.807) is 4.57 Å². The Bertz CT molecular complexity index is 1570. The van der Waals surface area contributed by atoms with E-state index in [9.17, 15) is 9.59 Å². The molecule has 2 aromatic heterocycles. The van der Waals surface area contributed by atoms with E-state index in [-0.39, 0.29) is 17.8 Å². The Morgan fingerprint density at radius 1 is 0.688 bits per heavy atom. The third-order valence-electron chi connectivity index (χ3n) is 6.15. The summed E-state index contributed by atoms with van der Waals surface area (Å²) in [6.07, 6.45) is 0. The molecule has 2 heterocycles. The molecule has 0 aliphatic rings. The van der Waals surface area contributed by atoms with Crippen LogP contribution < -0.4 is 11.2 Å². The molecule has 0 saturated carbocycles. The molecular weight excluding hydrogens is 398 g/mol. The fourth-order valence-corrected chi connectivity index (χ4v) is 4.44. The average molecular weight is 424 g/mol. The topological polar surface area (TPSA) is 48.9 Å². The molecule has 0 atom stereocenters. The first kappa shape index (κ1) is 20.1. The number of nitrogens with zero attached hydrogens (tertiary/aromatic N) is 3. The van der Waals surface area contributed by atoms with Crippen LogP contribution in [0.3, 0.4) is 0 Å². The van der Waals surface area contributed by atoms with Crippen molar-refractivity contribution in [2.24, 2.45) is 7.05 Å². The molecule has 0 aliphatic heterocycles. The van der Waals surface area contributed by atoms with Crippen molar-refractivity contribution in [2.45, 2.75) is 26.9 Å². The number of aromatic nitrogens is 3. The first-order valence-electron chi connectivity index (χ1n) is 10.8. The van der Waals surface area contributed by atoms with E-state index in [4.69, 9.17) is 0 Å². The molecule has 32 heavy (non-hydrogen) atoms. The molecule has 5 aromatic rings. The molecule has 0 N–H and O–H groups in total. The zero-order valence-electron chi connectivity index (χ0n) is 18.5. The van der Waals surface area contributed by atoms with Crippen LogP contribution >= 0.6 is 0 Å². The number of hydrogen-bond acceptors (Lipinski definition) is 2. The van der Waals surface area contributed by atoms with E-state index < -0.39 is 0 Å². The Kier molecular flexibility index (Phi) is 4.82. The van der Waals surface area contributed by atoms with Gasteiger partial charge in [-0.1, -0.05) is 71.8 Å². The number of fused-ring (bicyclic) bond motifs is 3. The predicted octanol–water partition coefficient (Wildman–Crippen LogP) is 4.37. The van der Waals surface area contributed by atoms with Gasteiger partial charge >= 0.3 is 5.69 Å². The Hall–Kier alpha value is -3.86. The van der Waals surface area contributed by atoms with Crippen molar-refractivity contribution < 1.29 is 0 Å². The van der Waals surface area contributed by atoms with Crippen LogP contribution in [0, 0.1) is 13.8 Å².